The number of nitrogens with zero attached hydrogens (tertiary/aromatic N) is 4. The van der Waals surface area contributed by atoms with Gasteiger partial charge in [-0.3, -0.25) is 19.7 Å². The van der Waals surface area contributed by atoms with E-state index in [2.05, 4.69) is 4.57 Å². The van der Waals surface area contributed by atoms with Gasteiger partial charge in [0.2, 0.25) is 11.8 Å². The van der Waals surface area contributed by atoms with Gasteiger partial charge in [0.05, 0.1) is 11.0 Å². The molecule has 1 aliphatic rings. The lowest BCUT2D eigenvalue weighted by molar-refractivity contribution is -0.384. The van der Waals surface area contributed by atoms with Crippen LogP contribution in [0.25, 0.3) is 0 Å². The van der Waals surface area contributed by atoms with Crippen LogP contribution in [-0.4, -0.2) is 50.2 Å². The summed E-state index contributed by atoms with van der Waals surface area (Å²) in [6, 6.07) is 9.78. The zero-order valence-corrected chi connectivity index (χ0v) is 17.8. The topological polar surface area (TPSA) is 88.7 Å². The number of amides is 2. The Bertz CT molecular complexity index is 933. The number of hydrogen-bond donors (Lipinski definition) is 0. The molecule has 1 aromatic heterocycles. The van der Waals surface area contributed by atoms with E-state index in [1.54, 1.807) is 21.9 Å². The molecule has 1 aliphatic heterocycles. The Labute approximate surface area is 176 Å². The Kier molecular flexibility index (Phi) is 6.24. The number of non-ortho nitro benzene ring substituents is 1. The Morgan fingerprint density at radius 3 is 2.37 bits per heavy atom. The van der Waals surface area contributed by atoms with E-state index >= 15 is 0 Å². The van der Waals surface area contributed by atoms with Crippen molar-refractivity contribution >= 4 is 17.5 Å². The predicted octanol–water partition coefficient (Wildman–Crippen LogP) is 3.22. The number of nitro benzene ring substituents is 1. The van der Waals surface area contributed by atoms with Crippen molar-refractivity contribution in [1.29, 1.82) is 0 Å². The van der Waals surface area contributed by atoms with Crippen LogP contribution in [0.1, 0.15) is 45.0 Å². The highest BCUT2D eigenvalue weighted by Gasteiger charge is 2.34. The lowest BCUT2D eigenvalue weighted by Gasteiger charge is -2.39. The quantitative estimate of drug-likeness (QED) is 0.538. The second kappa shape index (κ2) is 8.69. The first-order valence-corrected chi connectivity index (χ1v) is 10.2. The van der Waals surface area contributed by atoms with Crippen LogP contribution in [-0.2, 0) is 16.1 Å². The maximum absolute atomic E-state index is 13.3. The van der Waals surface area contributed by atoms with E-state index < -0.39 is 4.92 Å². The molecule has 160 valence electrons. The molecule has 8 heteroatoms. The SMILES string of the molecule is CC(C)C(=O)N(CC(=O)N1CCn2cccc2[C@H]1c1ccc([N+](=O)[O-])cc1)C(C)C. The van der Waals surface area contributed by atoms with Gasteiger partial charge >= 0.3 is 0 Å². The minimum absolute atomic E-state index is 0.0105. The van der Waals surface area contributed by atoms with E-state index in [0.29, 0.717) is 13.1 Å². The molecule has 8 nitrogen and oxygen atoms in total. The van der Waals surface area contributed by atoms with Gasteiger partial charge in [-0.15, -0.1) is 0 Å². The van der Waals surface area contributed by atoms with Crippen LogP contribution in [0.4, 0.5) is 5.69 Å². The van der Waals surface area contributed by atoms with Crippen molar-refractivity contribution < 1.29 is 14.5 Å². The summed E-state index contributed by atoms with van der Waals surface area (Å²) in [7, 11) is 0. The first kappa shape index (κ1) is 21.5. The Balaban J connectivity index is 1.93. The Morgan fingerprint density at radius 2 is 1.80 bits per heavy atom. The van der Waals surface area contributed by atoms with Crippen molar-refractivity contribution in [2.45, 2.75) is 46.3 Å². The molecule has 0 spiro atoms. The second-order valence-corrected chi connectivity index (χ2v) is 8.18. The zero-order valence-electron chi connectivity index (χ0n) is 17.8. The van der Waals surface area contributed by atoms with Crippen LogP contribution in [0, 0.1) is 16.0 Å². The van der Waals surface area contributed by atoms with Gasteiger partial charge < -0.3 is 14.4 Å². The normalized spacial score (nSPS) is 15.9. The zero-order chi connectivity index (χ0) is 22.0. The maximum Gasteiger partial charge on any atom is 0.269 e. The predicted molar refractivity (Wildman–Crippen MR) is 113 cm³/mol. The molecule has 0 radical (unpaired) electrons. The van der Waals surface area contributed by atoms with Crippen LogP contribution >= 0.6 is 0 Å². The molecule has 3 rings (SSSR count). The Morgan fingerprint density at radius 1 is 1.13 bits per heavy atom. The molecule has 2 heterocycles. The number of aromatic nitrogens is 1. The minimum atomic E-state index is -0.436. The molecule has 0 aliphatic carbocycles. The molecule has 0 fully saturated rings. The lowest BCUT2D eigenvalue weighted by Crippen LogP contribution is -2.50. The van der Waals surface area contributed by atoms with Crippen molar-refractivity contribution in [3.8, 4) is 0 Å². The Hall–Kier alpha value is -3.16. The molecule has 0 bridgehead atoms. The van der Waals surface area contributed by atoms with Gasteiger partial charge in [-0.25, -0.2) is 0 Å². The molecular formula is C22H28N4O4. The number of nitro groups is 1. The molecule has 2 aromatic rings. The first-order chi connectivity index (χ1) is 14.2. The summed E-state index contributed by atoms with van der Waals surface area (Å²) < 4.78 is 2.09. The smallest absolute Gasteiger partial charge is 0.269 e. The van der Waals surface area contributed by atoms with Gasteiger partial charge in [0.1, 0.15) is 6.54 Å². The molecule has 0 N–H and O–H groups in total. The van der Waals surface area contributed by atoms with Crippen molar-refractivity contribution in [1.82, 2.24) is 14.4 Å². The summed E-state index contributed by atoms with van der Waals surface area (Å²) in [5, 5.41) is 11.0. The van der Waals surface area contributed by atoms with Crippen LogP contribution in [0.3, 0.4) is 0 Å². The third kappa shape index (κ3) is 4.22. The van der Waals surface area contributed by atoms with E-state index in [9.17, 15) is 19.7 Å². The summed E-state index contributed by atoms with van der Waals surface area (Å²) in [4.78, 5) is 39.9. The molecule has 1 atom stereocenters. The number of carbonyl (C=O) groups is 2. The van der Waals surface area contributed by atoms with E-state index in [1.165, 1.54) is 12.1 Å². The number of hydrogen-bond acceptors (Lipinski definition) is 4. The van der Waals surface area contributed by atoms with Crippen LogP contribution in [0.5, 0.6) is 0 Å². The van der Waals surface area contributed by atoms with Gasteiger partial charge in [0.25, 0.3) is 5.69 Å². The minimum Gasteiger partial charge on any atom is -0.348 e. The largest absolute Gasteiger partial charge is 0.348 e. The summed E-state index contributed by atoms with van der Waals surface area (Å²) in [5.74, 6) is -0.372. The standard InChI is InChI=1S/C22H28N4O4/c1-15(2)22(28)25(16(3)4)14-20(27)24-13-12-23-11-5-6-19(23)21(24)17-7-9-18(10-8-17)26(29)30/h5-11,15-16,21H,12-14H2,1-4H3/t21-/m1/s1. The highest BCUT2D eigenvalue weighted by molar-refractivity contribution is 5.86. The molecule has 0 saturated carbocycles. The van der Waals surface area contributed by atoms with Gasteiger partial charge in [-0.2, -0.15) is 0 Å². The number of fused-ring (bicyclic) bond motifs is 1. The fraction of sp³-hybridized carbons (Fsp3) is 0.455. The summed E-state index contributed by atoms with van der Waals surface area (Å²) in [6.45, 7) is 8.65. The summed E-state index contributed by atoms with van der Waals surface area (Å²) in [5.41, 5.74) is 1.77. The van der Waals surface area contributed by atoms with Gasteiger partial charge in [-0.1, -0.05) is 13.8 Å². The fourth-order valence-electron chi connectivity index (χ4n) is 3.86. The average molecular weight is 412 g/mol. The third-order valence-electron chi connectivity index (χ3n) is 5.48. The van der Waals surface area contributed by atoms with E-state index in [4.69, 9.17) is 0 Å². The lowest BCUT2D eigenvalue weighted by atomic mass is 9.99. The molecule has 2 amide bonds. The van der Waals surface area contributed by atoms with E-state index in [1.807, 2.05) is 46.0 Å². The number of benzene rings is 1. The highest BCUT2D eigenvalue weighted by atomic mass is 16.6. The molecule has 30 heavy (non-hydrogen) atoms. The molecule has 0 saturated heterocycles. The van der Waals surface area contributed by atoms with Crippen LogP contribution in [0.15, 0.2) is 42.6 Å². The van der Waals surface area contributed by atoms with Crippen molar-refractivity contribution in [3.63, 3.8) is 0 Å². The first-order valence-electron chi connectivity index (χ1n) is 10.2. The molecule has 1 aromatic carbocycles. The third-order valence-corrected chi connectivity index (χ3v) is 5.48. The van der Waals surface area contributed by atoms with E-state index in [0.717, 1.165) is 11.3 Å². The summed E-state index contributed by atoms with van der Waals surface area (Å²) >= 11 is 0. The van der Waals surface area contributed by atoms with Gasteiger partial charge in [0, 0.05) is 49.1 Å². The van der Waals surface area contributed by atoms with E-state index in [-0.39, 0.29) is 42.0 Å². The second-order valence-electron chi connectivity index (χ2n) is 8.18. The van der Waals surface area contributed by atoms with Crippen molar-refractivity contribution in [2.24, 2.45) is 5.92 Å². The van der Waals surface area contributed by atoms with Crippen LogP contribution < -0.4 is 0 Å². The molecular weight excluding hydrogens is 384 g/mol. The highest BCUT2D eigenvalue weighted by Crippen LogP contribution is 2.33. The number of rotatable bonds is 6. The maximum atomic E-state index is 13.3. The van der Waals surface area contributed by atoms with Crippen molar-refractivity contribution in [3.05, 3.63) is 64.0 Å². The summed E-state index contributed by atoms with van der Waals surface area (Å²) in [6.07, 6.45) is 1.97. The van der Waals surface area contributed by atoms with Crippen LogP contribution in [0.2, 0.25) is 0 Å². The monoisotopic (exact) mass is 412 g/mol. The molecule has 0 unspecified atom stereocenters. The number of carbonyl (C=O) groups excluding carboxylic acids is 2. The fourth-order valence-corrected chi connectivity index (χ4v) is 3.86. The van der Waals surface area contributed by atoms with Gasteiger partial charge in [0.15, 0.2) is 0 Å². The van der Waals surface area contributed by atoms with Gasteiger partial charge in [-0.05, 0) is 43.7 Å². The van der Waals surface area contributed by atoms with Crippen molar-refractivity contribution in [2.75, 3.05) is 13.1 Å². The average Bonchev–Trinajstić information content (AvgIpc) is 3.19.